The number of benzene rings is 2. The van der Waals surface area contributed by atoms with Crippen LogP contribution in [0.25, 0.3) is 0 Å². The highest BCUT2D eigenvalue weighted by Gasteiger charge is 2.39. The van der Waals surface area contributed by atoms with Crippen LogP contribution in [0.1, 0.15) is 21.5 Å². The van der Waals surface area contributed by atoms with E-state index >= 15 is 0 Å². The van der Waals surface area contributed by atoms with Crippen LogP contribution in [0.5, 0.6) is 0 Å². The number of morpholine rings is 1. The minimum absolute atomic E-state index is 0. The number of amidine groups is 1. The van der Waals surface area contributed by atoms with E-state index in [-0.39, 0.29) is 37.3 Å². The summed E-state index contributed by atoms with van der Waals surface area (Å²) >= 11 is 0. The lowest BCUT2D eigenvalue weighted by Crippen LogP contribution is -2.55. The molecule has 2 aliphatic rings. The van der Waals surface area contributed by atoms with Crippen molar-refractivity contribution in [3.05, 3.63) is 59.2 Å². The van der Waals surface area contributed by atoms with E-state index in [1.54, 1.807) is 30.3 Å². The molecule has 6 N–H and O–H groups in total. The number of nitrogens with zero attached hydrogens (tertiary/aromatic N) is 1. The van der Waals surface area contributed by atoms with Gasteiger partial charge in [0.25, 0.3) is 17.7 Å². The average Bonchev–Trinajstić information content (AvgIpc) is 3.14. The predicted octanol–water partition coefficient (Wildman–Crippen LogP) is 0.367. The number of rotatable bonds is 5. The van der Waals surface area contributed by atoms with Crippen LogP contribution in [0.4, 0.5) is 11.4 Å². The molecule has 0 bridgehead atoms. The van der Waals surface area contributed by atoms with Crippen LogP contribution in [0.3, 0.4) is 0 Å². The molecule has 168 valence electrons. The van der Waals surface area contributed by atoms with Gasteiger partial charge < -0.3 is 31.1 Å². The standard InChI is InChI=1S/C21H21N5O5.ClH/c22-18(23)11-1-4-13(5-2-11)25-20(29)16(27)17-21(30)26(7-8-31-17)14-6-3-12-10-24-19(28)15(12)9-14;/h1-6,9,16-17,27H,7-8,10H2,(H3,22,23)(H,24,28)(H,25,29);1H/t16-,17-;/m1./s1. The summed E-state index contributed by atoms with van der Waals surface area (Å²) in [4.78, 5) is 38.8. The van der Waals surface area contributed by atoms with E-state index in [0.29, 0.717) is 29.0 Å². The Morgan fingerprint density at radius 3 is 2.66 bits per heavy atom. The number of carbonyl (C=O) groups is 3. The third-order valence-corrected chi connectivity index (χ3v) is 5.23. The van der Waals surface area contributed by atoms with Crippen LogP contribution in [0.15, 0.2) is 42.5 Å². The molecule has 0 unspecified atom stereocenters. The first kappa shape index (κ1) is 23.2. The number of carbonyl (C=O) groups excluding carboxylic acids is 3. The molecule has 0 aromatic heterocycles. The SMILES string of the molecule is Cl.N=C(N)c1ccc(NC(=O)[C@H](O)[C@H]2OCCN(c3ccc4c(c3)C(=O)NC4)C2=O)cc1. The van der Waals surface area contributed by atoms with Crippen molar-refractivity contribution >= 4 is 47.3 Å². The second-order valence-electron chi connectivity index (χ2n) is 7.23. The molecule has 2 aromatic rings. The lowest BCUT2D eigenvalue weighted by Gasteiger charge is -2.34. The number of aliphatic hydroxyl groups excluding tert-OH is 1. The Balaban J connectivity index is 0.00000289. The Kier molecular flexibility index (Phi) is 6.78. The molecule has 11 heteroatoms. The van der Waals surface area contributed by atoms with E-state index in [1.807, 2.05) is 0 Å². The minimum atomic E-state index is -1.74. The van der Waals surface area contributed by atoms with Gasteiger partial charge in [-0.1, -0.05) is 6.07 Å². The van der Waals surface area contributed by atoms with Gasteiger partial charge >= 0.3 is 0 Å². The van der Waals surface area contributed by atoms with E-state index in [2.05, 4.69) is 10.6 Å². The molecule has 2 atom stereocenters. The molecule has 32 heavy (non-hydrogen) atoms. The number of hydrogen-bond donors (Lipinski definition) is 5. The summed E-state index contributed by atoms with van der Waals surface area (Å²) in [6.45, 7) is 0.800. The Hall–Kier alpha value is -3.47. The van der Waals surface area contributed by atoms with Crippen LogP contribution < -0.4 is 21.3 Å². The van der Waals surface area contributed by atoms with Crippen molar-refractivity contribution in [2.45, 2.75) is 18.8 Å². The summed E-state index contributed by atoms with van der Waals surface area (Å²) in [5, 5.41) is 23.1. The molecule has 2 heterocycles. The third kappa shape index (κ3) is 4.42. The van der Waals surface area contributed by atoms with E-state index in [0.717, 1.165) is 5.56 Å². The Morgan fingerprint density at radius 1 is 1.25 bits per heavy atom. The molecule has 2 aliphatic heterocycles. The second-order valence-corrected chi connectivity index (χ2v) is 7.23. The predicted molar refractivity (Wildman–Crippen MR) is 119 cm³/mol. The normalized spacial score (nSPS) is 18.3. The summed E-state index contributed by atoms with van der Waals surface area (Å²) in [7, 11) is 0. The zero-order chi connectivity index (χ0) is 22.1. The van der Waals surface area contributed by atoms with Gasteiger partial charge in [-0.15, -0.1) is 12.4 Å². The first-order valence-corrected chi connectivity index (χ1v) is 9.62. The highest BCUT2D eigenvalue weighted by molar-refractivity contribution is 6.05. The van der Waals surface area contributed by atoms with Crippen molar-refractivity contribution in [3.8, 4) is 0 Å². The van der Waals surface area contributed by atoms with Crippen molar-refractivity contribution in [2.24, 2.45) is 5.73 Å². The molecule has 0 saturated carbocycles. The van der Waals surface area contributed by atoms with Crippen molar-refractivity contribution in [3.63, 3.8) is 0 Å². The van der Waals surface area contributed by atoms with Crippen LogP contribution >= 0.6 is 12.4 Å². The van der Waals surface area contributed by atoms with E-state index in [1.165, 1.54) is 17.0 Å². The van der Waals surface area contributed by atoms with Gasteiger partial charge in [-0.3, -0.25) is 19.8 Å². The molecule has 2 aromatic carbocycles. The largest absolute Gasteiger partial charge is 0.384 e. The summed E-state index contributed by atoms with van der Waals surface area (Å²) in [5.74, 6) is -1.68. The molecule has 0 aliphatic carbocycles. The number of hydrogen-bond acceptors (Lipinski definition) is 6. The lowest BCUT2D eigenvalue weighted by atomic mass is 10.1. The van der Waals surface area contributed by atoms with Crippen molar-refractivity contribution < 1.29 is 24.2 Å². The van der Waals surface area contributed by atoms with Gasteiger partial charge in [-0.25, -0.2) is 0 Å². The molecular formula is C21H22ClN5O5. The van der Waals surface area contributed by atoms with Gasteiger partial charge in [0.15, 0.2) is 12.2 Å². The molecular weight excluding hydrogens is 438 g/mol. The van der Waals surface area contributed by atoms with Crippen LogP contribution in [0, 0.1) is 5.41 Å². The average molecular weight is 460 g/mol. The van der Waals surface area contributed by atoms with Crippen molar-refractivity contribution in [2.75, 3.05) is 23.4 Å². The number of ether oxygens (including phenoxy) is 1. The van der Waals surface area contributed by atoms with Crippen molar-refractivity contribution in [1.29, 1.82) is 5.41 Å². The molecule has 0 radical (unpaired) electrons. The summed E-state index contributed by atoms with van der Waals surface area (Å²) < 4.78 is 5.40. The number of amides is 3. The first-order valence-electron chi connectivity index (χ1n) is 9.62. The molecule has 1 fully saturated rings. The maximum absolute atomic E-state index is 12.9. The van der Waals surface area contributed by atoms with Crippen molar-refractivity contribution in [1.82, 2.24) is 5.32 Å². The highest BCUT2D eigenvalue weighted by atomic mass is 35.5. The van der Waals surface area contributed by atoms with Gasteiger partial charge in [0, 0.05) is 35.6 Å². The molecule has 0 spiro atoms. The topological polar surface area (TPSA) is 158 Å². The van der Waals surface area contributed by atoms with Crippen LogP contribution in [-0.2, 0) is 20.9 Å². The number of nitrogens with two attached hydrogens (primary N) is 1. The third-order valence-electron chi connectivity index (χ3n) is 5.23. The van der Waals surface area contributed by atoms with E-state index in [9.17, 15) is 19.5 Å². The van der Waals surface area contributed by atoms with Gasteiger partial charge in [0.1, 0.15) is 5.84 Å². The summed E-state index contributed by atoms with van der Waals surface area (Å²) in [6, 6.07) is 11.3. The van der Waals surface area contributed by atoms with Crippen LogP contribution in [0.2, 0.25) is 0 Å². The fourth-order valence-electron chi connectivity index (χ4n) is 3.54. The monoisotopic (exact) mass is 459 g/mol. The number of nitrogens with one attached hydrogen (secondary N) is 3. The smallest absolute Gasteiger partial charge is 0.259 e. The molecule has 10 nitrogen and oxygen atoms in total. The summed E-state index contributed by atoms with van der Waals surface area (Å²) in [5.41, 5.74) is 8.11. The number of aliphatic hydroxyl groups is 1. The van der Waals surface area contributed by atoms with E-state index in [4.69, 9.17) is 15.9 Å². The van der Waals surface area contributed by atoms with Gasteiger partial charge in [0.2, 0.25) is 0 Å². The Labute approximate surface area is 189 Å². The number of halogens is 1. The quantitative estimate of drug-likeness (QED) is 0.321. The van der Waals surface area contributed by atoms with Gasteiger partial charge in [0.05, 0.1) is 6.61 Å². The minimum Gasteiger partial charge on any atom is -0.384 e. The number of anilines is 2. The fraction of sp³-hybridized carbons (Fsp3) is 0.238. The fourth-order valence-corrected chi connectivity index (χ4v) is 3.54. The maximum Gasteiger partial charge on any atom is 0.259 e. The maximum atomic E-state index is 12.9. The molecule has 3 amide bonds. The molecule has 1 saturated heterocycles. The summed E-state index contributed by atoms with van der Waals surface area (Å²) in [6.07, 6.45) is -3.12. The molecule has 4 rings (SSSR count). The number of nitrogen functional groups attached to an aromatic ring is 1. The Bertz CT molecular complexity index is 1070. The first-order chi connectivity index (χ1) is 14.8. The zero-order valence-corrected chi connectivity index (χ0v) is 17.6. The zero-order valence-electron chi connectivity index (χ0n) is 16.8. The van der Waals surface area contributed by atoms with Gasteiger partial charge in [-0.05, 0) is 42.0 Å². The lowest BCUT2D eigenvalue weighted by molar-refractivity contribution is -0.150. The second kappa shape index (κ2) is 9.35. The van der Waals surface area contributed by atoms with Gasteiger partial charge in [-0.2, -0.15) is 0 Å². The number of fused-ring (bicyclic) bond motifs is 1. The highest BCUT2D eigenvalue weighted by Crippen LogP contribution is 2.26. The van der Waals surface area contributed by atoms with Crippen LogP contribution in [-0.4, -0.2) is 54.0 Å². The van der Waals surface area contributed by atoms with E-state index < -0.39 is 24.0 Å². The Morgan fingerprint density at radius 2 is 1.97 bits per heavy atom.